The van der Waals surface area contributed by atoms with Gasteiger partial charge in [0, 0.05) is 0 Å². The van der Waals surface area contributed by atoms with Gasteiger partial charge in [0.25, 0.3) is 0 Å². The normalized spacial score (nSPS) is 20.4. The summed E-state index contributed by atoms with van der Waals surface area (Å²) in [6.45, 7) is 1.17. The standard InChI is InChI=1S/C15H18FNO3/c16-12-3-5-13(6-4-12)20-8-7-14(18)17-9-15(19,10-17)11-1-2-11/h3-6,11,19H,1-2,7-10H2. The lowest BCUT2D eigenvalue weighted by Crippen LogP contribution is -2.64. The maximum absolute atomic E-state index is 12.7. The van der Waals surface area contributed by atoms with E-state index in [9.17, 15) is 14.3 Å². The zero-order valence-electron chi connectivity index (χ0n) is 11.2. The van der Waals surface area contributed by atoms with Crippen LogP contribution in [0.1, 0.15) is 19.3 Å². The van der Waals surface area contributed by atoms with Crippen molar-refractivity contribution in [2.24, 2.45) is 5.92 Å². The van der Waals surface area contributed by atoms with E-state index in [0.29, 0.717) is 24.8 Å². The first kappa shape index (κ1) is 13.4. The van der Waals surface area contributed by atoms with E-state index in [2.05, 4.69) is 0 Å². The number of halogens is 1. The lowest BCUT2D eigenvalue weighted by Gasteiger charge is -2.47. The summed E-state index contributed by atoms with van der Waals surface area (Å²) in [5, 5.41) is 10.1. The third-order valence-corrected chi connectivity index (χ3v) is 4.02. The Morgan fingerprint density at radius 2 is 2.00 bits per heavy atom. The molecule has 0 atom stereocenters. The first-order chi connectivity index (χ1) is 9.57. The van der Waals surface area contributed by atoms with Crippen LogP contribution in [0.3, 0.4) is 0 Å². The van der Waals surface area contributed by atoms with Gasteiger partial charge < -0.3 is 14.7 Å². The Morgan fingerprint density at radius 3 is 2.60 bits per heavy atom. The molecular weight excluding hydrogens is 261 g/mol. The van der Waals surface area contributed by atoms with Gasteiger partial charge in [-0.15, -0.1) is 0 Å². The first-order valence-electron chi connectivity index (χ1n) is 6.95. The predicted molar refractivity (Wildman–Crippen MR) is 70.8 cm³/mol. The van der Waals surface area contributed by atoms with Crippen LogP contribution in [-0.2, 0) is 4.79 Å². The second-order valence-electron chi connectivity index (χ2n) is 5.68. The Morgan fingerprint density at radius 1 is 1.35 bits per heavy atom. The summed E-state index contributed by atoms with van der Waals surface area (Å²) in [6.07, 6.45) is 2.43. The van der Waals surface area contributed by atoms with Crippen molar-refractivity contribution in [2.45, 2.75) is 24.9 Å². The van der Waals surface area contributed by atoms with Crippen LogP contribution in [0, 0.1) is 11.7 Å². The highest BCUT2D eigenvalue weighted by Gasteiger charge is 2.52. The highest BCUT2D eigenvalue weighted by molar-refractivity contribution is 5.77. The van der Waals surface area contributed by atoms with E-state index in [1.807, 2.05) is 0 Å². The molecule has 1 aromatic rings. The second-order valence-corrected chi connectivity index (χ2v) is 5.68. The molecule has 4 nitrogen and oxygen atoms in total. The van der Waals surface area contributed by atoms with Gasteiger partial charge in [-0.2, -0.15) is 0 Å². The molecule has 2 aliphatic rings. The number of nitrogens with zero attached hydrogens (tertiary/aromatic N) is 1. The number of aliphatic hydroxyl groups is 1. The van der Waals surface area contributed by atoms with Crippen molar-refractivity contribution in [1.82, 2.24) is 4.90 Å². The van der Waals surface area contributed by atoms with Crippen molar-refractivity contribution in [1.29, 1.82) is 0 Å². The molecule has 0 aromatic heterocycles. The molecular formula is C15H18FNO3. The summed E-state index contributed by atoms with van der Waals surface area (Å²) < 4.78 is 18.1. The van der Waals surface area contributed by atoms with E-state index >= 15 is 0 Å². The van der Waals surface area contributed by atoms with Crippen LogP contribution in [0.25, 0.3) is 0 Å². The van der Waals surface area contributed by atoms with Gasteiger partial charge in [-0.3, -0.25) is 4.79 Å². The fourth-order valence-corrected chi connectivity index (χ4v) is 2.62. The number of rotatable bonds is 5. The summed E-state index contributed by atoms with van der Waals surface area (Å²) in [7, 11) is 0. The summed E-state index contributed by atoms with van der Waals surface area (Å²) in [4.78, 5) is 13.5. The smallest absolute Gasteiger partial charge is 0.226 e. The van der Waals surface area contributed by atoms with Crippen molar-refractivity contribution in [3.8, 4) is 5.75 Å². The lowest BCUT2D eigenvalue weighted by atomic mass is 9.88. The van der Waals surface area contributed by atoms with E-state index in [1.165, 1.54) is 24.3 Å². The van der Waals surface area contributed by atoms with Gasteiger partial charge in [-0.05, 0) is 43.0 Å². The topological polar surface area (TPSA) is 49.8 Å². The molecule has 0 bridgehead atoms. The zero-order valence-corrected chi connectivity index (χ0v) is 11.2. The van der Waals surface area contributed by atoms with Crippen LogP contribution >= 0.6 is 0 Å². The average Bonchev–Trinajstić information content (AvgIpc) is 3.22. The molecule has 0 spiro atoms. The molecule has 0 radical (unpaired) electrons. The Balaban J connectivity index is 1.39. The molecule has 1 saturated heterocycles. The Kier molecular flexibility index (Phi) is 3.38. The number of amides is 1. The van der Waals surface area contributed by atoms with E-state index in [1.54, 1.807) is 4.90 Å². The number of carbonyl (C=O) groups excluding carboxylic acids is 1. The Bertz CT molecular complexity index is 492. The van der Waals surface area contributed by atoms with Crippen molar-refractivity contribution < 1.29 is 19.0 Å². The quantitative estimate of drug-likeness (QED) is 0.890. The van der Waals surface area contributed by atoms with Gasteiger partial charge in [0.05, 0.1) is 26.1 Å². The number of ether oxygens (including phenoxy) is 1. The van der Waals surface area contributed by atoms with Crippen LogP contribution in [0.4, 0.5) is 4.39 Å². The van der Waals surface area contributed by atoms with Gasteiger partial charge in [-0.25, -0.2) is 4.39 Å². The Hall–Kier alpha value is -1.62. The highest BCUT2D eigenvalue weighted by atomic mass is 19.1. The molecule has 1 saturated carbocycles. The molecule has 2 fully saturated rings. The van der Waals surface area contributed by atoms with Crippen LogP contribution < -0.4 is 4.74 Å². The number of hydrogen-bond acceptors (Lipinski definition) is 3. The fraction of sp³-hybridized carbons (Fsp3) is 0.533. The largest absolute Gasteiger partial charge is 0.493 e. The number of hydrogen-bond donors (Lipinski definition) is 1. The zero-order chi connectivity index (χ0) is 14.2. The van der Waals surface area contributed by atoms with Gasteiger partial charge in [0.1, 0.15) is 17.2 Å². The summed E-state index contributed by atoms with van der Waals surface area (Å²) in [5.74, 6) is 0.630. The van der Waals surface area contributed by atoms with Crippen molar-refractivity contribution in [2.75, 3.05) is 19.7 Å². The van der Waals surface area contributed by atoms with E-state index < -0.39 is 5.60 Å². The van der Waals surface area contributed by atoms with Crippen molar-refractivity contribution in [3.05, 3.63) is 30.1 Å². The first-order valence-corrected chi connectivity index (χ1v) is 6.95. The van der Waals surface area contributed by atoms with Crippen LogP contribution in [0.2, 0.25) is 0 Å². The molecule has 0 unspecified atom stereocenters. The lowest BCUT2D eigenvalue weighted by molar-refractivity contribution is -0.159. The van der Waals surface area contributed by atoms with Crippen LogP contribution in [0.5, 0.6) is 5.75 Å². The second kappa shape index (κ2) is 5.05. The van der Waals surface area contributed by atoms with Crippen LogP contribution in [-0.4, -0.2) is 41.2 Å². The maximum atomic E-state index is 12.7. The van der Waals surface area contributed by atoms with Gasteiger partial charge in [0.15, 0.2) is 0 Å². The van der Waals surface area contributed by atoms with E-state index in [-0.39, 0.29) is 24.8 Å². The molecule has 1 aliphatic heterocycles. The molecule has 1 heterocycles. The summed E-state index contributed by atoms with van der Waals surface area (Å²) in [5.41, 5.74) is -0.631. The minimum atomic E-state index is -0.631. The third-order valence-electron chi connectivity index (χ3n) is 4.02. The minimum Gasteiger partial charge on any atom is -0.493 e. The average molecular weight is 279 g/mol. The molecule has 3 rings (SSSR count). The molecule has 108 valence electrons. The molecule has 1 N–H and O–H groups in total. The van der Waals surface area contributed by atoms with Crippen LogP contribution in [0.15, 0.2) is 24.3 Å². The number of likely N-dealkylation sites (tertiary alicyclic amines) is 1. The monoisotopic (exact) mass is 279 g/mol. The molecule has 20 heavy (non-hydrogen) atoms. The predicted octanol–water partition coefficient (Wildman–Crippen LogP) is 1.58. The van der Waals surface area contributed by atoms with Gasteiger partial charge in [-0.1, -0.05) is 0 Å². The number of carbonyl (C=O) groups is 1. The summed E-state index contributed by atoms with van der Waals surface area (Å²) >= 11 is 0. The van der Waals surface area contributed by atoms with Gasteiger partial charge >= 0.3 is 0 Å². The number of β-amino-alcohol motifs (C(OH)–C–C–N with tert-alkyl or cyclic N) is 1. The summed E-state index contributed by atoms with van der Waals surface area (Å²) in [6, 6.07) is 5.72. The van der Waals surface area contributed by atoms with Crippen molar-refractivity contribution >= 4 is 5.91 Å². The van der Waals surface area contributed by atoms with E-state index in [4.69, 9.17) is 4.74 Å². The molecule has 1 amide bonds. The van der Waals surface area contributed by atoms with Gasteiger partial charge in [0.2, 0.25) is 5.91 Å². The fourth-order valence-electron chi connectivity index (χ4n) is 2.62. The Labute approximate surface area is 117 Å². The minimum absolute atomic E-state index is 0.00237. The third kappa shape index (κ3) is 2.77. The molecule has 1 aliphatic carbocycles. The maximum Gasteiger partial charge on any atom is 0.226 e. The SMILES string of the molecule is O=C(CCOc1ccc(F)cc1)N1CC(O)(C2CC2)C1. The molecule has 1 aromatic carbocycles. The van der Waals surface area contributed by atoms with Crippen molar-refractivity contribution in [3.63, 3.8) is 0 Å². The van der Waals surface area contributed by atoms with E-state index in [0.717, 1.165) is 12.8 Å². The highest BCUT2D eigenvalue weighted by Crippen LogP contribution is 2.44. The number of benzene rings is 1. The molecule has 5 heteroatoms.